The van der Waals surface area contributed by atoms with Gasteiger partial charge in [0.15, 0.2) is 0 Å². The second-order valence-electron chi connectivity index (χ2n) is 8.48. The van der Waals surface area contributed by atoms with Crippen molar-refractivity contribution in [2.24, 2.45) is 0 Å². The molecule has 0 aliphatic carbocycles. The first-order valence-electron chi connectivity index (χ1n) is 9.61. The molecule has 0 aromatic carbocycles. The summed E-state index contributed by atoms with van der Waals surface area (Å²) in [5, 5.41) is 10.6. The van der Waals surface area contributed by atoms with Gasteiger partial charge in [-0.1, -0.05) is 0 Å². The summed E-state index contributed by atoms with van der Waals surface area (Å²) in [4.78, 5) is 34.9. The van der Waals surface area contributed by atoms with Crippen molar-refractivity contribution in [1.29, 1.82) is 0 Å². The highest BCUT2D eigenvalue weighted by Gasteiger charge is 2.22. The monoisotopic (exact) mass is 425 g/mol. The number of carbonyl (C=O) groups is 1. The van der Waals surface area contributed by atoms with E-state index in [1.807, 2.05) is 32.7 Å². The molecular weight excluding hydrogens is 394 g/mol. The summed E-state index contributed by atoms with van der Waals surface area (Å²) in [5.41, 5.74) is -0.0190. The third-order valence-corrected chi connectivity index (χ3v) is 5.19. The van der Waals surface area contributed by atoms with E-state index in [1.165, 1.54) is 0 Å². The highest BCUT2D eigenvalue weighted by Crippen LogP contribution is 2.28. The molecule has 0 aliphatic heterocycles. The first-order chi connectivity index (χ1) is 13.4. The van der Waals surface area contributed by atoms with Gasteiger partial charge in [-0.2, -0.15) is 0 Å². The van der Waals surface area contributed by atoms with Crippen LogP contribution in [0.3, 0.4) is 0 Å². The largest absolute Gasteiger partial charge is 0.459 e. The smallest absolute Gasteiger partial charge is 0.348 e. The van der Waals surface area contributed by atoms with E-state index in [2.05, 4.69) is 9.97 Å². The molecule has 2 aromatic heterocycles. The zero-order valence-corrected chi connectivity index (χ0v) is 19.0. The number of nitrogens with one attached hydrogen (secondary N) is 1. The van der Waals surface area contributed by atoms with Crippen LogP contribution in [-0.4, -0.2) is 64.0 Å². The number of hydrogen-bond acceptors (Lipinski definition) is 8. The van der Waals surface area contributed by atoms with Crippen LogP contribution >= 0.6 is 11.3 Å². The number of aromatic nitrogens is 2. The number of rotatable bonds is 8. The number of aromatic amines is 1. The van der Waals surface area contributed by atoms with Gasteiger partial charge in [0.2, 0.25) is 0 Å². The lowest BCUT2D eigenvalue weighted by Gasteiger charge is -2.24. The number of H-pyrrole nitrogens is 1. The van der Waals surface area contributed by atoms with Crippen LogP contribution in [0, 0.1) is 6.92 Å². The van der Waals surface area contributed by atoms with E-state index in [-0.39, 0.29) is 23.9 Å². The van der Waals surface area contributed by atoms with Crippen LogP contribution in [0.1, 0.15) is 55.7 Å². The molecule has 1 unspecified atom stereocenters. The molecular formula is C20H31N3O5S. The number of fused-ring (bicyclic) bond motifs is 1. The molecule has 0 amide bonds. The maximum atomic E-state index is 12.6. The van der Waals surface area contributed by atoms with Crippen molar-refractivity contribution in [2.45, 2.75) is 65.9 Å². The maximum Gasteiger partial charge on any atom is 0.348 e. The third kappa shape index (κ3) is 6.60. The number of aryl methyl sites for hydroxylation is 1. The van der Waals surface area contributed by atoms with Gasteiger partial charge < -0.3 is 19.6 Å². The summed E-state index contributed by atoms with van der Waals surface area (Å²) in [5.74, 6) is 0.0273. The van der Waals surface area contributed by atoms with E-state index >= 15 is 0 Å². The molecule has 1 atom stereocenters. The number of ether oxygens (including phenoxy) is 2. The minimum atomic E-state index is -0.656. The second-order valence-corrected chi connectivity index (χ2v) is 9.48. The molecule has 2 N–H and O–H groups in total. The Bertz CT molecular complexity index is 913. The maximum absolute atomic E-state index is 12.6. The molecule has 9 heteroatoms. The van der Waals surface area contributed by atoms with Gasteiger partial charge in [-0.3, -0.25) is 9.69 Å². The zero-order chi connectivity index (χ0) is 21.9. The summed E-state index contributed by atoms with van der Waals surface area (Å²) in [6.07, 6.45) is -0.896. The van der Waals surface area contributed by atoms with E-state index in [1.54, 1.807) is 20.8 Å². The average molecular weight is 426 g/mol. The average Bonchev–Trinajstić information content (AvgIpc) is 2.88. The molecule has 0 bridgehead atoms. The van der Waals surface area contributed by atoms with E-state index in [0.29, 0.717) is 39.6 Å². The molecule has 162 valence electrons. The Hall–Kier alpha value is -1.81. The lowest BCUT2D eigenvalue weighted by atomic mass is 10.2. The standard InChI is InChI=1S/C20H31N3O5S/c1-11(2)28-19(26)16-12(3)15-17(25)21-14(22-18(15)29-16)9-23(7)8-13(24)10-27-20(4,5)6/h11,13,24H,8-10H2,1-7H3,(H,21,22,25). The third-order valence-electron chi connectivity index (χ3n) is 4.03. The number of nitrogens with zero attached hydrogens (tertiary/aromatic N) is 2. The van der Waals surface area contributed by atoms with Crippen molar-refractivity contribution in [2.75, 3.05) is 20.2 Å². The number of aliphatic hydroxyl groups is 1. The number of hydrogen-bond donors (Lipinski definition) is 2. The SMILES string of the molecule is Cc1c(C(=O)OC(C)C)sc2nc(CN(C)CC(O)COC(C)(C)C)[nH]c(=O)c12. The molecule has 0 spiro atoms. The lowest BCUT2D eigenvalue weighted by Crippen LogP contribution is -2.35. The molecule has 2 rings (SSSR count). The van der Waals surface area contributed by atoms with E-state index in [4.69, 9.17) is 9.47 Å². The molecule has 0 radical (unpaired) electrons. The lowest BCUT2D eigenvalue weighted by molar-refractivity contribution is -0.0551. The minimum Gasteiger partial charge on any atom is -0.459 e. The quantitative estimate of drug-likeness (QED) is 0.626. The summed E-state index contributed by atoms with van der Waals surface area (Å²) in [6, 6.07) is 0. The predicted octanol–water partition coefficient (Wildman–Crippen LogP) is 2.47. The fourth-order valence-corrected chi connectivity index (χ4v) is 3.89. The van der Waals surface area contributed by atoms with Crippen LogP contribution in [0.15, 0.2) is 4.79 Å². The van der Waals surface area contributed by atoms with Crippen LogP contribution in [-0.2, 0) is 16.0 Å². The van der Waals surface area contributed by atoms with Gasteiger partial charge >= 0.3 is 5.97 Å². The van der Waals surface area contributed by atoms with E-state index in [9.17, 15) is 14.7 Å². The summed E-state index contributed by atoms with van der Waals surface area (Å²) >= 11 is 1.16. The fraction of sp³-hybridized carbons (Fsp3) is 0.650. The minimum absolute atomic E-state index is 0.224. The first kappa shape index (κ1) is 23.5. The Morgan fingerprint density at radius 1 is 1.34 bits per heavy atom. The Labute approximate surface area is 174 Å². The molecule has 0 saturated carbocycles. The van der Waals surface area contributed by atoms with Crippen LogP contribution in [0.4, 0.5) is 0 Å². The predicted molar refractivity (Wildman–Crippen MR) is 114 cm³/mol. The number of esters is 1. The van der Waals surface area contributed by atoms with Crippen molar-refractivity contribution in [3.05, 3.63) is 26.6 Å². The highest BCUT2D eigenvalue weighted by molar-refractivity contribution is 7.20. The van der Waals surface area contributed by atoms with Crippen LogP contribution in [0.2, 0.25) is 0 Å². The Morgan fingerprint density at radius 3 is 2.59 bits per heavy atom. The van der Waals surface area contributed by atoms with Gasteiger partial charge in [0.05, 0.1) is 36.3 Å². The molecule has 29 heavy (non-hydrogen) atoms. The van der Waals surface area contributed by atoms with Gasteiger partial charge in [0.25, 0.3) is 5.56 Å². The zero-order valence-electron chi connectivity index (χ0n) is 18.2. The van der Waals surface area contributed by atoms with E-state index < -0.39 is 12.1 Å². The molecule has 0 aliphatic rings. The second kappa shape index (κ2) is 9.34. The van der Waals surface area contributed by atoms with Crippen LogP contribution in [0.5, 0.6) is 0 Å². The summed E-state index contributed by atoms with van der Waals surface area (Å²) < 4.78 is 10.8. The van der Waals surface area contributed by atoms with Gasteiger partial charge in [-0.05, 0) is 54.2 Å². The summed E-state index contributed by atoms with van der Waals surface area (Å²) in [6.45, 7) is 12.0. The number of likely N-dealkylation sites (N-methyl/N-ethyl adjacent to an activating group) is 1. The van der Waals surface area contributed by atoms with Gasteiger partial charge in [-0.25, -0.2) is 9.78 Å². The van der Waals surface area contributed by atoms with Crippen LogP contribution in [0.25, 0.3) is 10.2 Å². The Balaban J connectivity index is 2.14. The summed E-state index contributed by atoms with van der Waals surface area (Å²) in [7, 11) is 1.83. The van der Waals surface area contributed by atoms with Crippen LogP contribution < -0.4 is 5.56 Å². The van der Waals surface area contributed by atoms with Crippen molar-refractivity contribution in [3.63, 3.8) is 0 Å². The van der Waals surface area contributed by atoms with Crippen molar-refractivity contribution >= 4 is 27.5 Å². The number of thiophene rings is 1. The Morgan fingerprint density at radius 2 is 2.00 bits per heavy atom. The molecule has 2 aromatic rings. The number of carbonyl (C=O) groups excluding carboxylic acids is 1. The molecule has 2 heterocycles. The first-order valence-corrected chi connectivity index (χ1v) is 10.4. The number of aliphatic hydroxyl groups excluding tert-OH is 1. The molecule has 8 nitrogen and oxygen atoms in total. The molecule has 0 saturated heterocycles. The molecule has 0 fully saturated rings. The van der Waals surface area contributed by atoms with Crippen molar-refractivity contribution in [3.8, 4) is 0 Å². The van der Waals surface area contributed by atoms with Crippen molar-refractivity contribution < 1.29 is 19.4 Å². The topological polar surface area (TPSA) is 105 Å². The van der Waals surface area contributed by atoms with Gasteiger partial charge in [0, 0.05) is 6.54 Å². The van der Waals surface area contributed by atoms with E-state index in [0.717, 1.165) is 11.3 Å². The van der Waals surface area contributed by atoms with Gasteiger partial charge in [-0.15, -0.1) is 11.3 Å². The fourth-order valence-electron chi connectivity index (χ4n) is 2.80. The normalized spacial score (nSPS) is 13.4. The highest BCUT2D eigenvalue weighted by atomic mass is 32.1. The Kier molecular flexibility index (Phi) is 7.56. The van der Waals surface area contributed by atoms with Gasteiger partial charge in [0.1, 0.15) is 15.5 Å². The van der Waals surface area contributed by atoms with Crippen molar-refractivity contribution in [1.82, 2.24) is 14.9 Å².